The maximum Gasteiger partial charge on any atom is 0.126 e. The summed E-state index contributed by atoms with van der Waals surface area (Å²) in [6.45, 7) is 3.74. The van der Waals surface area contributed by atoms with Gasteiger partial charge in [0.1, 0.15) is 5.82 Å². The molecule has 0 aliphatic carbocycles. The van der Waals surface area contributed by atoms with Gasteiger partial charge in [0.15, 0.2) is 0 Å². The van der Waals surface area contributed by atoms with Crippen molar-refractivity contribution in [3.8, 4) is 12.3 Å². The maximum atomic E-state index is 12.9. The minimum absolute atomic E-state index is 0.0138. The van der Waals surface area contributed by atoms with E-state index in [1.54, 1.807) is 19.1 Å². The highest BCUT2D eigenvalue weighted by molar-refractivity contribution is 5.47. The Morgan fingerprint density at radius 2 is 2.29 bits per heavy atom. The van der Waals surface area contributed by atoms with Gasteiger partial charge in [-0.1, -0.05) is 12.8 Å². The lowest BCUT2D eigenvalue weighted by Crippen LogP contribution is -2.15. The second-order valence-corrected chi connectivity index (χ2v) is 3.24. The highest BCUT2D eigenvalue weighted by Crippen LogP contribution is 2.14. The topological polar surface area (TPSA) is 12.0 Å². The molecule has 14 heavy (non-hydrogen) atoms. The average molecular weight is 191 g/mol. The number of aryl methyl sites for hydroxylation is 1. The molecule has 0 saturated heterocycles. The van der Waals surface area contributed by atoms with Crippen molar-refractivity contribution in [2.75, 3.05) is 5.32 Å². The fraction of sp³-hybridized carbons (Fsp3) is 0.333. The second kappa shape index (κ2) is 4.66. The molecule has 1 aromatic rings. The average Bonchev–Trinajstić information content (AvgIpc) is 2.19. The van der Waals surface area contributed by atoms with E-state index in [-0.39, 0.29) is 11.9 Å². The molecule has 1 unspecified atom stereocenters. The number of benzene rings is 1. The molecule has 0 bridgehead atoms. The maximum absolute atomic E-state index is 12.9. The second-order valence-electron chi connectivity index (χ2n) is 3.24. The minimum atomic E-state index is -0.190. The molecule has 1 N–H and O–H groups in total. The Hall–Kier alpha value is -1.49. The van der Waals surface area contributed by atoms with Crippen LogP contribution in [0.4, 0.5) is 10.1 Å². The molecule has 0 fully saturated rings. The predicted octanol–water partition coefficient (Wildman–Crippen LogP) is 2.96. The summed E-state index contributed by atoms with van der Waals surface area (Å²) in [5, 5.41) is 3.14. The van der Waals surface area contributed by atoms with Crippen LogP contribution in [0, 0.1) is 25.1 Å². The van der Waals surface area contributed by atoms with Crippen molar-refractivity contribution < 1.29 is 4.39 Å². The molecule has 1 rings (SSSR count). The molecule has 0 aliphatic rings. The van der Waals surface area contributed by atoms with Crippen LogP contribution >= 0.6 is 0 Å². The van der Waals surface area contributed by atoms with Gasteiger partial charge >= 0.3 is 0 Å². The van der Waals surface area contributed by atoms with Crippen LogP contribution in [0.15, 0.2) is 18.2 Å². The summed E-state index contributed by atoms with van der Waals surface area (Å²) in [4.78, 5) is 0. The molecule has 0 radical (unpaired) electrons. The zero-order valence-electron chi connectivity index (χ0n) is 8.47. The monoisotopic (exact) mass is 191 g/mol. The fourth-order valence-corrected chi connectivity index (χ4v) is 1.20. The van der Waals surface area contributed by atoms with Crippen LogP contribution in [0.2, 0.25) is 0 Å². The standard InChI is InChI=1S/C12H14FN/c1-4-10(5-2)14-11-6-7-12(13)9(3)8-11/h1,6-8,10,14H,5H2,2-3H3. The van der Waals surface area contributed by atoms with Gasteiger partial charge in [-0.2, -0.15) is 0 Å². The van der Waals surface area contributed by atoms with Crippen LogP contribution < -0.4 is 5.32 Å². The highest BCUT2D eigenvalue weighted by Gasteiger charge is 2.03. The Labute approximate surface area is 84.3 Å². The van der Waals surface area contributed by atoms with Crippen molar-refractivity contribution in [3.05, 3.63) is 29.6 Å². The Kier molecular flexibility index (Phi) is 3.53. The zero-order chi connectivity index (χ0) is 10.6. The lowest BCUT2D eigenvalue weighted by molar-refractivity contribution is 0.618. The zero-order valence-corrected chi connectivity index (χ0v) is 8.47. The summed E-state index contributed by atoms with van der Waals surface area (Å²) in [7, 11) is 0. The molecule has 0 amide bonds. The Morgan fingerprint density at radius 3 is 2.79 bits per heavy atom. The molecule has 74 valence electrons. The third-order valence-corrected chi connectivity index (χ3v) is 2.11. The quantitative estimate of drug-likeness (QED) is 0.724. The van der Waals surface area contributed by atoms with Gasteiger partial charge in [0.05, 0.1) is 6.04 Å². The molecule has 0 aliphatic heterocycles. The van der Waals surface area contributed by atoms with Gasteiger partial charge in [-0.25, -0.2) is 4.39 Å². The van der Waals surface area contributed by atoms with Gasteiger partial charge in [-0.15, -0.1) is 6.42 Å². The van der Waals surface area contributed by atoms with Crippen molar-refractivity contribution in [1.82, 2.24) is 0 Å². The molecular formula is C12H14FN. The van der Waals surface area contributed by atoms with E-state index in [4.69, 9.17) is 6.42 Å². The predicted molar refractivity (Wildman–Crippen MR) is 57.7 cm³/mol. The number of hydrogen-bond donors (Lipinski definition) is 1. The molecular weight excluding hydrogens is 177 g/mol. The van der Waals surface area contributed by atoms with Crippen LogP contribution in [-0.2, 0) is 0 Å². The first-order chi connectivity index (χ1) is 6.67. The summed E-state index contributed by atoms with van der Waals surface area (Å²) in [6.07, 6.45) is 6.17. The third kappa shape index (κ3) is 2.50. The Balaban J connectivity index is 2.78. The van der Waals surface area contributed by atoms with E-state index in [2.05, 4.69) is 11.2 Å². The molecule has 0 saturated carbocycles. The van der Waals surface area contributed by atoms with E-state index < -0.39 is 0 Å². The van der Waals surface area contributed by atoms with Crippen molar-refractivity contribution >= 4 is 5.69 Å². The van der Waals surface area contributed by atoms with Gasteiger partial charge in [0, 0.05) is 5.69 Å². The van der Waals surface area contributed by atoms with Gasteiger partial charge < -0.3 is 5.32 Å². The Bertz CT molecular complexity index is 352. The number of anilines is 1. The number of terminal acetylenes is 1. The summed E-state index contributed by atoms with van der Waals surface area (Å²) < 4.78 is 12.9. The molecule has 0 spiro atoms. The first kappa shape index (κ1) is 10.6. The molecule has 1 aromatic carbocycles. The summed E-state index contributed by atoms with van der Waals surface area (Å²) in [5.74, 6) is 2.44. The smallest absolute Gasteiger partial charge is 0.126 e. The van der Waals surface area contributed by atoms with Gasteiger partial charge in [0.2, 0.25) is 0 Å². The molecule has 0 heterocycles. The molecule has 1 nitrogen and oxygen atoms in total. The normalized spacial score (nSPS) is 11.9. The van der Waals surface area contributed by atoms with E-state index >= 15 is 0 Å². The highest BCUT2D eigenvalue weighted by atomic mass is 19.1. The fourth-order valence-electron chi connectivity index (χ4n) is 1.20. The number of rotatable bonds is 3. The molecule has 0 aromatic heterocycles. The van der Waals surface area contributed by atoms with Gasteiger partial charge in [0.25, 0.3) is 0 Å². The van der Waals surface area contributed by atoms with Crippen molar-refractivity contribution in [2.24, 2.45) is 0 Å². The van der Waals surface area contributed by atoms with Crippen molar-refractivity contribution in [3.63, 3.8) is 0 Å². The van der Waals surface area contributed by atoms with E-state index in [9.17, 15) is 4.39 Å². The van der Waals surface area contributed by atoms with E-state index in [0.717, 1.165) is 12.1 Å². The van der Waals surface area contributed by atoms with Crippen LogP contribution in [0.5, 0.6) is 0 Å². The van der Waals surface area contributed by atoms with Crippen LogP contribution in [0.3, 0.4) is 0 Å². The van der Waals surface area contributed by atoms with Gasteiger partial charge in [-0.05, 0) is 37.1 Å². The summed E-state index contributed by atoms with van der Waals surface area (Å²) in [5.41, 5.74) is 1.50. The third-order valence-electron chi connectivity index (χ3n) is 2.11. The van der Waals surface area contributed by atoms with Crippen LogP contribution in [0.25, 0.3) is 0 Å². The van der Waals surface area contributed by atoms with Crippen molar-refractivity contribution in [1.29, 1.82) is 0 Å². The number of halogens is 1. The molecule has 1 atom stereocenters. The van der Waals surface area contributed by atoms with E-state index in [1.165, 1.54) is 6.07 Å². The van der Waals surface area contributed by atoms with E-state index in [0.29, 0.717) is 5.56 Å². The number of nitrogens with one attached hydrogen (secondary N) is 1. The van der Waals surface area contributed by atoms with E-state index in [1.807, 2.05) is 6.92 Å². The minimum Gasteiger partial charge on any atom is -0.372 e. The lowest BCUT2D eigenvalue weighted by atomic mass is 10.2. The summed E-state index contributed by atoms with van der Waals surface area (Å²) >= 11 is 0. The first-order valence-corrected chi connectivity index (χ1v) is 4.66. The van der Waals surface area contributed by atoms with Gasteiger partial charge in [-0.3, -0.25) is 0 Å². The van der Waals surface area contributed by atoms with Crippen LogP contribution in [0.1, 0.15) is 18.9 Å². The molecule has 2 heteroatoms. The summed E-state index contributed by atoms with van der Waals surface area (Å²) in [6, 6.07) is 4.92. The lowest BCUT2D eigenvalue weighted by Gasteiger charge is -2.12. The first-order valence-electron chi connectivity index (χ1n) is 4.66. The Morgan fingerprint density at radius 1 is 1.57 bits per heavy atom. The largest absolute Gasteiger partial charge is 0.372 e. The van der Waals surface area contributed by atoms with Crippen LogP contribution in [-0.4, -0.2) is 6.04 Å². The SMILES string of the molecule is C#CC(CC)Nc1ccc(F)c(C)c1. The van der Waals surface area contributed by atoms with Crippen molar-refractivity contribution in [2.45, 2.75) is 26.3 Å². The number of hydrogen-bond acceptors (Lipinski definition) is 1.